The van der Waals surface area contributed by atoms with Crippen molar-refractivity contribution in [3.05, 3.63) is 182 Å². The monoisotopic (exact) mass is 614 g/mol. The quantitative estimate of drug-likeness (QED) is 0.187. The van der Waals surface area contributed by atoms with Gasteiger partial charge in [-0.1, -0.05) is 127 Å². The molecule has 3 heteroatoms. The molecule has 0 N–H and O–H groups in total. The van der Waals surface area contributed by atoms with Crippen molar-refractivity contribution in [2.45, 2.75) is 0 Å². The summed E-state index contributed by atoms with van der Waals surface area (Å²) in [5.41, 5.74) is 11.7. The molecule has 0 spiro atoms. The van der Waals surface area contributed by atoms with Gasteiger partial charge in [0.25, 0.3) is 0 Å². The fourth-order valence-corrected chi connectivity index (χ4v) is 6.71. The van der Waals surface area contributed by atoms with E-state index in [9.17, 15) is 0 Å². The lowest BCUT2D eigenvalue weighted by atomic mass is 9.98. The molecule has 0 saturated heterocycles. The number of para-hydroxylation sites is 1. The number of hydrogen-bond donors (Lipinski definition) is 0. The summed E-state index contributed by atoms with van der Waals surface area (Å²) in [6, 6.07) is 62.0. The molecule has 0 atom stereocenters. The van der Waals surface area contributed by atoms with Crippen LogP contribution >= 0.6 is 0 Å². The maximum Gasteiger partial charge on any atom is 0.139 e. The predicted molar refractivity (Wildman–Crippen MR) is 200 cm³/mol. The van der Waals surface area contributed by atoms with E-state index in [0.29, 0.717) is 0 Å². The van der Waals surface area contributed by atoms with Crippen molar-refractivity contribution in [1.82, 2.24) is 4.98 Å². The zero-order chi connectivity index (χ0) is 31.9. The molecule has 0 unspecified atom stereocenters. The second kappa shape index (κ2) is 11.7. The lowest BCUT2D eigenvalue weighted by Crippen LogP contribution is -2.09. The summed E-state index contributed by atoms with van der Waals surface area (Å²) in [6.07, 6.45) is 1.92. The highest BCUT2D eigenvalue weighted by atomic mass is 16.3. The van der Waals surface area contributed by atoms with Crippen LogP contribution in [0.3, 0.4) is 0 Å². The highest BCUT2D eigenvalue weighted by Gasteiger charge is 2.15. The predicted octanol–water partition coefficient (Wildman–Crippen LogP) is 12.6. The van der Waals surface area contributed by atoms with Gasteiger partial charge in [-0.25, -0.2) is 0 Å². The Morgan fingerprint density at radius 1 is 0.396 bits per heavy atom. The summed E-state index contributed by atoms with van der Waals surface area (Å²) in [4.78, 5) is 7.12. The molecule has 226 valence electrons. The number of nitrogens with zero attached hydrogens (tertiary/aromatic N) is 2. The summed E-state index contributed by atoms with van der Waals surface area (Å²) in [5, 5.41) is 4.62. The van der Waals surface area contributed by atoms with Gasteiger partial charge in [0, 0.05) is 45.7 Å². The third kappa shape index (κ3) is 4.99. The largest absolute Gasteiger partial charge is 0.456 e. The first-order valence-corrected chi connectivity index (χ1v) is 16.2. The molecular formula is C45H30N2O. The van der Waals surface area contributed by atoms with Gasteiger partial charge in [-0.2, -0.15) is 0 Å². The van der Waals surface area contributed by atoms with E-state index < -0.39 is 0 Å². The van der Waals surface area contributed by atoms with Crippen molar-refractivity contribution in [2.75, 3.05) is 4.90 Å². The van der Waals surface area contributed by atoms with E-state index in [0.717, 1.165) is 50.3 Å². The van der Waals surface area contributed by atoms with E-state index in [2.05, 4.69) is 157 Å². The first-order valence-electron chi connectivity index (χ1n) is 16.2. The molecule has 9 rings (SSSR count). The highest BCUT2D eigenvalue weighted by Crippen LogP contribution is 2.39. The molecule has 0 bridgehead atoms. The van der Waals surface area contributed by atoms with Crippen LogP contribution in [0.5, 0.6) is 0 Å². The molecule has 0 aliphatic heterocycles. The summed E-state index contributed by atoms with van der Waals surface area (Å²) in [7, 11) is 0. The number of fused-ring (bicyclic) bond motifs is 4. The third-order valence-corrected chi connectivity index (χ3v) is 9.14. The third-order valence-electron chi connectivity index (χ3n) is 9.14. The lowest BCUT2D eigenvalue weighted by molar-refractivity contribution is 0.668. The number of anilines is 3. The number of aromatic nitrogens is 1. The summed E-state index contributed by atoms with van der Waals surface area (Å²) < 4.78 is 6.15. The van der Waals surface area contributed by atoms with E-state index in [4.69, 9.17) is 9.40 Å². The van der Waals surface area contributed by atoms with E-state index in [1.54, 1.807) is 0 Å². The van der Waals surface area contributed by atoms with E-state index in [1.807, 2.05) is 30.5 Å². The Morgan fingerprint density at radius 3 is 1.69 bits per heavy atom. The Kier molecular flexibility index (Phi) is 6.80. The van der Waals surface area contributed by atoms with E-state index in [-0.39, 0.29) is 0 Å². The Labute approximate surface area is 279 Å². The van der Waals surface area contributed by atoms with Crippen molar-refractivity contribution in [3.8, 4) is 33.5 Å². The van der Waals surface area contributed by atoms with Crippen LogP contribution in [0.2, 0.25) is 0 Å². The van der Waals surface area contributed by atoms with Crippen LogP contribution in [-0.4, -0.2) is 4.98 Å². The highest BCUT2D eigenvalue weighted by molar-refractivity contribution is 6.05. The van der Waals surface area contributed by atoms with Crippen molar-refractivity contribution in [3.63, 3.8) is 0 Å². The zero-order valence-corrected chi connectivity index (χ0v) is 26.1. The smallest absolute Gasteiger partial charge is 0.139 e. The van der Waals surface area contributed by atoms with Gasteiger partial charge in [0.05, 0.1) is 5.69 Å². The second-order valence-corrected chi connectivity index (χ2v) is 12.0. The van der Waals surface area contributed by atoms with Gasteiger partial charge in [0.1, 0.15) is 11.2 Å². The molecule has 3 nitrogen and oxygen atoms in total. The van der Waals surface area contributed by atoms with Gasteiger partial charge in [0.2, 0.25) is 0 Å². The Bertz CT molecular complexity index is 2530. The number of hydrogen-bond acceptors (Lipinski definition) is 3. The first kappa shape index (κ1) is 27.8. The van der Waals surface area contributed by atoms with Gasteiger partial charge in [-0.15, -0.1) is 0 Å². The van der Waals surface area contributed by atoms with Gasteiger partial charge < -0.3 is 9.32 Å². The summed E-state index contributed by atoms with van der Waals surface area (Å²) >= 11 is 0. The Hall–Kier alpha value is -6.45. The fourth-order valence-electron chi connectivity index (χ4n) is 6.71. The van der Waals surface area contributed by atoms with Crippen LogP contribution in [0, 0.1) is 0 Å². The van der Waals surface area contributed by atoms with Crippen LogP contribution in [0.25, 0.3) is 66.2 Å². The minimum atomic E-state index is 0.844. The molecule has 0 aliphatic carbocycles. The average molecular weight is 615 g/mol. The average Bonchev–Trinajstić information content (AvgIpc) is 3.54. The minimum absolute atomic E-state index is 0.844. The van der Waals surface area contributed by atoms with Crippen molar-refractivity contribution >= 4 is 49.8 Å². The molecule has 0 amide bonds. The standard InChI is InChI=1S/C45H30N2O/c1-2-9-31(10-3-1)32-17-23-36(24-18-32)47(37-25-19-34(20-26-37)40-15-8-12-33-11-4-5-13-39(33)40)38-27-21-35(22-28-38)43-29-45-42(30-46-43)41-14-6-7-16-44(41)48-45/h1-30H. The van der Waals surface area contributed by atoms with E-state index >= 15 is 0 Å². The molecule has 0 fully saturated rings. The molecule has 2 heterocycles. The molecule has 0 radical (unpaired) electrons. The number of furan rings is 1. The topological polar surface area (TPSA) is 29.3 Å². The zero-order valence-electron chi connectivity index (χ0n) is 26.1. The molecule has 2 aromatic heterocycles. The van der Waals surface area contributed by atoms with Crippen molar-refractivity contribution in [2.24, 2.45) is 0 Å². The molecule has 48 heavy (non-hydrogen) atoms. The van der Waals surface area contributed by atoms with Crippen LogP contribution in [0.4, 0.5) is 17.1 Å². The maximum absolute atomic E-state index is 6.15. The van der Waals surface area contributed by atoms with Gasteiger partial charge in [-0.05, 0) is 75.5 Å². The summed E-state index contributed by atoms with van der Waals surface area (Å²) in [5.74, 6) is 0. The van der Waals surface area contributed by atoms with Crippen LogP contribution in [-0.2, 0) is 0 Å². The molecule has 7 aromatic carbocycles. The Morgan fingerprint density at radius 2 is 0.958 bits per heavy atom. The molecule has 9 aromatic rings. The van der Waals surface area contributed by atoms with Crippen molar-refractivity contribution in [1.29, 1.82) is 0 Å². The van der Waals surface area contributed by atoms with Crippen LogP contribution in [0.1, 0.15) is 0 Å². The number of pyridine rings is 1. The Balaban J connectivity index is 1.10. The molecular weight excluding hydrogens is 585 g/mol. The summed E-state index contributed by atoms with van der Waals surface area (Å²) in [6.45, 7) is 0. The fraction of sp³-hybridized carbons (Fsp3) is 0. The second-order valence-electron chi connectivity index (χ2n) is 12.0. The molecule has 0 saturated carbocycles. The van der Waals surface area contributed by atoms with Gasteiger partial charge >= 0.3 is 0 Å². The van der Waals surface area contributed by atoms with Crippen LogP contribution in [0.15, 0.2) is 187 Å². The van der Waals surface area contributed by atoms with Gasteiger partial charge in [0.15, 0.2) is 0 Å². The van der Waals surface area contributed by atoms with Crippen molar-refractivity contribution < 1.29 is 4.42 Å². The lowest BCUT2D eigenvalue weighted by Gasteiger charge is -2.26. The number of benzene rings is 7. The first-order chi connectivity index (χ1) is 23.8. The van der Waals surface area contributed by atoms with E-state index in [1.165, 1.54) is 33.0 Å². The van der Waals surface area contributed by atoms with Crippen LogP contribution < -0.4 is 4.90 Å². The maximum atomic E-state index is 6.15. The normalized spacial score (nSPS) is 11.3. The van der Waals surface area contributed by atoms with Gasteiger partial charge in [-0.3, -0.25) is 4.98 Å². The minimum Gasteiger partial charge on any atom is -0.456 e. The SMILES string of the molecule is c1ccc(-c2ccc(N(c3ccc(-c4cc5oc6ccccc6c5cn4)cc3)c3ccc(-c4cccc5ccccc45)cc3)cc2)cc1. The molecule has 0 aliphatic rings. The number of rotatable bonds is 6.